The van der Waals surface area contributed by atoms with Crippen LogP contribution in [0.2, 0.25) is 10.0 Å². The van der Waals surface area contributed by atoms with Crippen molar-refractivity contribution in [1.29, 1.82) is 0 Å². The number of amides is 1. The summed E-state index contributed by atoms with van der Waals surface area (Å²) in [5.41, 5.74) is 5.33. The Morgan fingerprint density at radius 2 is 1.75 bits per heavy atom. The minimum atomic E-state index is 0.300. The summed E-state index contributed by atoms with van der Waals surface area (Å²) in [6.45, 7) is 6.84. The molecule has 1 saturated heterocycles. The van der Waals surface area contributed by atoms with E-state index in [0.717, 1.165) is 67.1 Å². The Bertz CT molecular complexity index is 1160. The fourth-order valence-corrected chi connectivity index (χ4v) is 5.17. The van der Waals surface area contributed by atoms with Gasteiger partial charge in [-0.1, -0.05) is 53.5 Å². The van der Waals surface area contributed by atoms with Gasteiger partial charge in [0.05, 0.1) is 5.69 Å². The first-order valence-electron chi connectivity index (χ1n) is 11.3. The van der Waals surface area contributed by atoms with E-state index in [0.29, 0.717) is 27.8 Å². The van der Waals surface area contributed by atoms with Crippen LogP contribution >= 0.6 is 23.2 Å². The van der Waals surface area contributed by atoms with E-state index >= 15 is 0 Å². The van der Waals surface area contributed by atoms with Crippen molar-refractivity contribution in [3.8, 4) is 22.5 Å². The Morgan fingerprint density at radius 1 is 1.03 bits per heavy atom. The molecule has 1 unspecified atom stereocenters. The quantitative estimate of drug-likeness (QED) is 0.435. The third-order valence-corrected chi connectivity index (χ3v) is 7.36. The first kappa shape index (κ1) is 21.5. The molecular weight excluding hydrogens is 441 g/mol. The maximum atomic E-state index is 12.4. The molecule has 5 rings (SSSR count). The molecule has 2 aromatic carbocycles. The van der Waals surface area contributed by atoms with Gasteiger partial charge in [-0.25, -0.2) is 4.98 Å². The van der Waals surface area contributed by atoms with E-state index in [2.05, 4.69) is 47.6 Å². The number of benzene rings is 2. The molecule has 1 amide bonds. The predicted octanol–water partition coefficient (Wildman–Crippen LogP) is 6.40. The summed E-state index contributed by atoms with van der Waals surface area (Å²) < 4.78 is 2.33. The number of hydrogen-bond acceptors (Lipinski definition) is 2. The van der Waals surface area contributed by atoms with Gasteiger partial charge < -0.3 is 9.47 Å². The summed E-state index contributed by atoms with van der Waals surface area (Å²) in [5.74, 6) is 2.12. The fourth-order valence-electron chi connectivity index (χ4n) is 4.65. The van der Waals surface area contributed by atoms with Gasteiger partial charge in [-0.05, 0) is 56.7 Å². The molecule has 2 heterocycles. The number of hydrogen-bond donors (Lipinski definition) is 0. The molecule has 0 spiro atoms. The van der Waals surface area contributed by atoms with Gasteiger partial charge in [0.25, 0.3) is 0 Å². The molecular formula is C26H27Cl2N3O. The molecule has 0 radical (unpaired) electrons. The Morgan fingerprint density at radius 3 is 2.44 bits per heavy atom. The number of carbonyl (C=O) groups is 1. The number of aryl methyl sites for hydroxylation is 1. The summed E-state index contributed by atoms with van der Waals surface area (Å²) in [7, 11) is 0. The van der Waals surface area contributed by atoms with Gasteiger partial charge in [-0.3, -0.25) is 4.79 Å². The van der Waals surface area contributed by atoms with E-state index in [9.17, 15) is 4.79 Å². The van der Waals surface area contributed by atoms with Crippen molar-refractivity contribution < 1.29 is 4.79 Å². The van der Waals surface area contributed by atoms with Gasteiger partial charge in [-0.15, -0.1) is 0 Å². The number of carbonyl (C=O) groups excluding carboxylic acids is 1. The lowest BCUT2D eigenvalue weighted by Gasteiger charge is -2.18. The average molecular weight is 468 g/mol. The van der Waals surface area contributed by atoms with Crippen LogP contribution in [0.1, 0.15) is 30.7 Å². The van der Waals surface area contributed by atoms with Crippen molar-refractivity contribution in [2.45, 2.75) is 39.7 Å². The first-order valence-corrected chi connectivity index (χ1v) is 12.0. The highest BCUT2D eigenvalue weighted by Crippen LogP contribution is 2.35. The minimum Gasteiger partial charge on any atom is -0.342 e. The third-order valence-electron chi connectivity index (χ3n) is 6.81. The largest absolute Gasteiger partial charge is 0.342 e. The van der Waals surface area contributed by atoms with Gasteiger partial charge in [-0.2, -0.15) is 0 Å². The molecule has 1 aromatic heterocycles. The Balaban J connectivity index is 1.37. The highest BCUT2D eigenvalue weighted by Gasteiger charge is 2.36. The van der Waals surface area contributed by atoms with Crippen LogP contribution in [0.5, 0.6) is 0 Å². The zero-order valence-corrected chi connectivity index (χ0v) is 20.0. The van der Waals surface area contributed by atoms with Crippen molar-refractivity contribution in [2.75, 3.05) is 13.1 Å². The summed E-state index contributed by atoms with van der Waals surface area (Å²) in [6.07, 6.45) is 3.20. The predicted molar refractivity (Wildman–Crippen MR) is 130 cm³/mol. The van der Waals surface area contributed by atoms with E-state index in [1.54, 1.807) is 6.07 Å². The highest BCUT2D eigenvalue weighted by molar-refractivity contribution is 6.36. The second-order valence-electron chi connectivity index (χ2n) is 9.13. The molecule has 1 aliphatic carbocycles. The summed E-state index contributed by atoms with van der Waals surface area (Å²) in [5, 5.41) is 1.28. The number of imidazole rings is 1. The molecule has 1 saturated carbocycles. The number of nitrogens with zero attached hydrogens (tertiary/aromatic N) is 3. The molecule has 3 aromatic rings. The third kappa shape index (κ3) is 4.18. The SMILES string of the molecule is Cc1nc(-c2ccc(-c3ccc(Cl)cc3Cl)cc2)n(CC2CCN(C(=O)C3CC3)C2)c1C. The second-order valence-corrected chi connectivity index (χ2v) is 9.98. The zero-order valence-electron chi connectivity index (χ0n) is 18.4. The maximum Gasteiger partial charge on any atom is 0.225 e. The van der Waals surface area contributed by atoms with Crippen LogP contribution in [0.3, 0.4) is 0 Å². The van der Waals surface area contributed by atoms with E-state index in [1.807, 2.05) is 12.1 Å². The van der Waals surface area contributed by atoms with E-state index in [-0.39, 0.29) is 0 Å². The Labute approximate surface area is 199 Å². The van der Waals surface area contributed by atoms with Crippen LogP contribution in [-0.2, 0) is 11.3 Å². The summed E-state index contributed by atoms with van der Waals surface area (Å²) in [4.78, 5) is 19.4. The number of likely N-dealkylation sites (tertiary alicyclic amines) is 1. The minimum absolute atomic E-state index is 0.300. The van der Waals surface area contributed by atoms with E-state index in [1.165, 1.54) is 5.69 Å². The summed E-state index contributed by atoms with van der Waals surface area (Å²) in [6, 6.07) is 14.0. The zero-order chi connectivity index (χ0) is 22.4. The van der Waals surface area contributed by atoms with Gasteiger partial charge in [0.2, 0.25) is 5.91 Å². The highest BCUT2D eigenvalue weighted by atomic mass is 35.5. The summed E-state index contributed by atoms with van der Waals surface area (Å²) >= 11 is 12.4. The smallest absolute Gasteiger partial charge is 0.225 e. The topological polar surface area (TPSA) is 38.1 Å². The Hall–Kier alpha value is -2.30. The van der Waals surface area contributed by atoms with Crippen molar-refractivity contribution in [2.24, 2.45) is 11.8 Å². The lowest BCUT2D eigenvalue weighted by molar-refractivity contribution is -0.131. The maximum absolute atomic E-state index is 12.4. The second kappa shape index (κ2) is 8.57. The molecule has 1 aliphatic heterocycles. The van der Waals surface area contributed by atoms with Crippen LogP contribution in [-0.4, -0.2) is 33.4 Å². The molecule has 1 atom stereocenters. The van der Waals surface area contributed by atoms with Crippen molar-refractivity contribution in [1.82, 2.24) is 14.5 Å². The monoisotopic (exact) mass is 467 g/mol. The normalized spacial score (nSPS) is 18.4. The molecule has 2 fully saturated rings. The lowest BCUT2D eigenvalue weighted by atomic mass is 10.0. The molecule has 166 valence electrons. The number of aromatic nitrogens is 2. The van der Waals surface area contributed by atoms with E-state index in [4.69, 9.17) is 28.2 Å². The molecule has 4 nitrogen and oxygen atoms in total. The van der Waals surface area contributed by atoms with Crippen LogP contribution in [0.15, 0.2) is 42.5 Å². The molecule has 6 heteroatoms. The lowest BCUT2D eigenvalue weighted by Crippen LogP contribution is -2.30. The first-order chi connectivity index (χ1) is 15.4. The standard InChI is InChI=1S/C26H27Cl2N3O/c1-16-17(2)31(15-18-11-12-30(14-18)26(32)21-7-8-21)25(29-16)20-5-3-19(4-6-20)23-10-9-22(27)13-24(23)28/h3-6,9-10,13,18,21H,7-8,11-12,14-15H2,1-2H3. The van der Waals surface area contributed by atoms with Gasteiger partial charge in [0, 0.05) is 52.4 Å². The van der Waals surface area contributed by atoms with Crippen molar-refractivity contribution in [3.05, 3.63) is 63.9 Å². The molecule has 32 heavy (non-hydrogen) atoms. The van der Waals surface area contributed by atoms with Crippen LogP contribution < -0.4 is 0 Å². The van der Waals surface area contributed by atoms with Gasteiger partial charge in [0.15, 0.2) is 0 Å². The Kier molecular flexibility index (Phi) is 5.77. The van der Waals surface area contributed by atoms with Crippen molar-refractivity contribution in [3.63, 3.8) is 0 Å². The van der Waals surface area contributed by atoms with E-state index < -0.39 is 0 Å². The van der Waals surface area contributed by atoms with Gasteiger partial charge in [0.1, 0.15) is 5.82 Å². The van der Waals surface area contributed by atoms with Crippen LogP contribution in [0.4, 0.5) is 0 Å². The average Bonchev–Trinajstić information content (AvgIpc) is 3.47. The number of halogens is 2. The van der Waals surface area contributed by atoms with Crippen LogP contribution in [0, 0.1) is 25.7 Å². The number of rotatable bonds is 5. The molecule has 0 bridgehead atoms. The van der Waals surface area contributed by atoms with Crippen LogP contribution in [0.25, 0.3) is 22.5 Å². The van der Waals surface area contributed by atoms with Crippen molar-refractivity contribution >= 4 is 29.1 Å². The molecule has 2 aliphatic rings. The molecule has 0 N–H and O–H groups in total. The fraction of sp³-hybridized carbons (Fsp3) is 0.385. The van der Waals surface area contributed by atoms with Gasteiger partial charge >= 0.3 is 0 Å².